The van der Waals surface area contributed by atoms with Crippen LogP contribution in [0.2, 0.25) is 0 Å². The number of aryl methyl sites for hydroxylation is 2. The Morgan fingerprint density at radius 1 is 1.07 bits per heavy atom. The zero-order chi connectivity index (χ0) is 21.7. The molecule has 0 amide bonds. The van der Waals surface area contributed by atoms with E-state index < -0.39 is 11.7 Å². The van der Waals surface area contributed by atoms with Crippen LogP contribution in [0, 0.1) is 6.92 Å². The van der Waals surface area contributed by atoms with Crippen molar-refractivity contribution in [1.29, 1.82) is 0 Å². The van der Waals surface area contributed by atoms with E-state index in [0.717, 1.165) is 17.7 Å². The normalized spacial score (nSPS) is 11.4. The molecule has 0 aliphatic carbocycles. The van der Waals surface area contributed by atoms with Gasteiger partial charge in [-0.1, -0.05) is 12.1 Å². The van der Waals surface area contributed by atoms with E-state index in [0.29, 0.717) is 35.6 Å². The van der Waals surface area contributed by atoms with Gasteiger partial charge in [-0.05, 0) is 55.3 Å². The number of carbonyl (C=O) groups excluding carboxylic acids is 1. The number of rotatable bonds is 7. The maximum Gasteiger partial charge on any atom is 0.416 e. The highest BCUT2D eigenvalue weighted by Gasteiger charge is 2.30. The van der Waals surface area contributed by atoms with Gasteiger partial charge in [-0.3, -0.25) is 4.79 Å². The number of hydrogen-bond acceptors (Lipinski definition) is 5. The number of benzene rings is 2. The molecule has 8 heteroatoms. The molecule has 0 aliphatic heterocycles. The number of carbonyl (C=O) groups is 1. The van der Waals surface area contributed by atoms with Gasteiger partial charge < -0.3 is 13.9 Å². The van der Waals surface area contributed by atoms with E-state index in [1.165, 1.54) is 19.2 Å². The van der Waals surface area contributed by atoms with Gasteiger partial charge in [0, 0.05) is 12.0 Å². The minimum Gasteiger partial charge on any atom is -0.486 e. The van der Waals surface area contributed by atoms with E-state index in [9.17, 15) is 18.0 Å². The number of halogens is 3. The van der Waals surface area contributed by atoms with E-state index in [1.54, 1.807) is 19.1 Å². The van der Waals surface area contributed by atoms with Crippen LogP contribution in [0.15, 0.2) is 52.9 Å². The number of esters is 1. The summed E-state index contributed by atoms with van der Waals surface area (Å²) in [6.07, 6.45) is -3.51. The summed E-state index contributed by atoms with van der Waals surface area (Å²) in [6, 6.07) is 11.9. The third kappa shape index (κ3) is 5.40. The molecule has 5 nitrogen and oxygen atoms in total. The predicted molar refractivity (Wildman–Crippen MR) is 103 cm³/mol. The molecule has 0 saturated heterocycles. The van der Waals surface area contributed by atoms with E-state index in [4.69, 9.17) is 9.15 Å². The molecule has 0 aliphatic rings. The minimum atomic E-state index is -4.39. The quantitative estimate of drug-likeness (QED) is 0.483. The molecule has 3 rings (SSSR count). The average Bonchev–Trinajstić information content (AvgIpc) is 3.11. The molecule has 3 aromatic rings. The van der Waals surface area contributed by atoms with E-state index in [2.05, 4.69) is 9.72 Å². The zero-order valence-corrected chi connectivity index (χ0v) is 16.5. The van der Waals surface area contributed by atoms with Crippen molar-refractivity contribution in [3.8, 4) is 17.2 Å². The first kappa shape index (κ1) is 21.4. The SMILES string of the molecule is COC(=O)CCc1ccc(OCc2oc(-c3ccc(C(F)(F)F)cc3)nc2C)cc1. The van der Waals surface area contributed by atoms with Crippen molar-refractivity contribution >= 4 is 5.97 Å². The van der Waals surface area contributed by atoms with Crippen molar-refractivity contribution in [2.45, 2.75) is 32.5 Å². The van der Waals surface area contributed by atoms with Crippen LogP contribution in [-0.4, -0.2) is 18.1 Å². The Hall–Kier alpha value is -3.29. The molecule has 0 unspecified atom stereocenters. The second-order valence-electron chi connectivity index (χ2n) is 6.61. The summed E-state index contributed by atoms with van der Waals surface area (Å²) >= 11 is 0. The molecule has 0 fully saturated rings. The van der Waals surface area contributed by atoms with Crippen LogP contribution in [0.3, 0.4) is 0 Å². The smallest absolute Gasteiger partial charge is 0.416 e. The van der Waals surface area contributed by atoms with Gasteiger partial charge in [0.1, 0.15) is 12.4 Å². The second-order valence-corrected chi connectivity index (χ2v) is 6.61. The van der Waals surface area contributed by atoms with E-state index in [1.807, 2.05) is 12.1 Å². The number of hydrogen-bond donors (Lipinski definition) is 0. The molecule has 0 bridgehead atoms. The predicted octanol–water partition coefficient (Wildman–Crippen LogP) is 5.35. The van der Waals surface area contributed by atoms with Crippen LogP contribution in [0.1, 0.15) is 29.0 Å². The van der Waals surface area contributed by atoms with Crippen molar-refractivity contribution in [2.24, 2.45) is 0 Å². The lowest BCUT2D eigenvalue weighted by Gasteiger charge is -2.06. The van der Waals surface area contributed by atoms with Gasteiger partial charge in [-0.2, -0.15) is 13.2 Å². The highest BCUT2D eigenvalue weighted by atomic mass is 19.4. The first-order valence-electron chi connectivity index (χ1n) is 9.19. The number of nitrogens with zero attached hydrogens (tertiary/aromatic N) is 1. The summed E-state index contributed by atoms with van der Waals surface area (Å²) < 4.78 is 54.1. The number of aromatic nitrogens is 1. The molecule has 1 heterocycles. The topological polar surface area (TPSA) is 61.6 Å². The van der Waals surface area contributed by atoms with Crippen LogP contribution in [0.25, 0.3) is 11.5 Å². The summed E-state index contributed by atoms with van der Waals surface area (Å²) in [6.45, 7) is 1.87. The molecule has 2 aromatic carbocycles. The van der Waals surface area contributed by atoms with Crippen molar-refractivity contribution in [2.75, 3.05) is 7.11 Å². The Morgan fingerprint density at radius 2 is 1.73 bits per heavy atom. The third-order valence-corrected chi connectivity index (χ3v) is 4.49. The van der Waals surface area contributed by atoms with E-state index >= 15 is 0 Å². The molecule has 158 valence electrons. The van der Waals surface area contributed by atoms with Crippen molar-refractivity contribution in [1.82, 2.24) is 4.98 Å². The Balaban J connectivity index is 1.61. The monoisotopic (exact) mass is 419 g/mol. The summed E-state index contributed by atoms with van der Waals surface area (Å²) in [5.74, 6) is 1.07. The molecule has 1 aromatic heterocycles. The molecular formula is C22H20F3NO4. The number of methoxy groups -OCH3 is 1. The molecule has 0 spiro atoms. The average molecular weight is 419 g/mol. The maximum atomic E-state index is 12.7. The zero-order valence-electron chi connectivity index (χ0n) is 16.5. The van der Waals surface area contributed by atoms with E-state index in [-0.39, 0.29) is 18.5 Å². The number of alkyl halides is 3. The van der Waals surface area contributed by atoms with Gasteiger partial charge in [-0.15, -0.1) is 0 Å². The van der Waals surface area contributed by atoms with Gasteiger partial charge in [0.15, 0.2) is 5.76 Å². The molecule has 0 N–H and O–H groups in total. The Bertz CT molecular complexity index is 993. The molecule has 30 heavy (non-hydrogen) atoms. The molecular weight excluding hydrogens is 399 g/mol. The molecule has 0 radical (unpaired) electrons. The van der Waals surface area contributed by atoms with Crippen molar-refractivity contribution in [3.63, 3.8) is 0 Å². The summed E-state index contributed by atoms with van der Waals surface area (Å²) in [5, 5.41) is 0. The van der Waals surface area contributed by atoms with Gasteiger partial charge in [0.05, 0.1) is 18.4 Å². The van der Waals surface area contributed by atoms with Crippen LogP contribution in [0.5, 0.6) is 5.75 Å². The highest BCUT2D eigenvalue weighted by Crippen LogP contribution is 2.31. The number of oxazole rings is 1. The first-order chi connectivity index (χ1) is 14.3. The minimum absolute atomic E-state index is 0.126. The first-order valence-corrected chi connectivity index (χ1v) is 9.19. The maximum absolute atomic E-state index is 12.7. The van der Waals surface area contributed by atoms with Gasteiger partial charge in [-0.25, -0.2) is 4.98 Å². The van der Waals surface area contributed by atoms with Crippen molar-refractivity contribution < 1.29 is 31.9 Å². The van der Waals surface area contributed by atoms with Gasteiger partial charge in [0.25, 0.3) is 0 Å². The fourth-order valence-electron chi connectivity index (χ4n) is 2.74. The van der Waals surface area contributed by atoms with Crippen LogP contribution in [0.4, 0.5) is 13.2 Å². The fraction of sp³-hybridized carbons (Fsp3) is 0.273. The van der Waals surface area contributed by atoms with Crippen LogP contribution in [-0.2, 0) is 28.7 Å². The Kier molecular flexibility index (Phi) is 6.44. The lowest BCUT2D eigenvalue weighted by molar-refractivity contribution is -0.140. The summed E-state index contributed by atoms with van der Waals surface area (Å²) in [5.41, 5.74) is 1.30. The van der Waals surface area contributed by atoms with Crippen LogP contribution >= 0.6 is 0 Å². The van der Waals surface area contributed by atoms with Gasteiger partial charge in [0.2, 0.25) is 5.89 Å². The fourth-order valence-corrected chi connectivity index (χ4v) is 2.74. The summed E-state index contributed by atoms with van der Waals surface area (Å²) in [7, 11) is 1.35. The lowest BCUT2D eigenvalue weighted by Crippen LogP contribution is -2.03. The van der Waals surface area contributed by atoms with Crippen molar-refractivity contribution in [3.05, 3.63) is 71.1 Å². The largest absolute Gasteiger partial charge is 0.486 e. The third-order valence-electron chi connectivity index (χ3n) is 4.49. The number of ether oxygens (including phenoxy) is 2. The summed E-state index contributed by atoms with van der Waals surface area (Å²) in [4.78, 5) is 15.5. The standard InChI is InChI=1S/C22H20F3NO4/c1-14-19(13-29-18-10-3-15(4-11-18)5-12-20(27)28-2)30-21(26-14)16-6-8-17(9-7-16)22(23,24)25/h3-4,6-11H,5,12-13H2,1-2H3. The second kappa shape index (κ2) is 9.02. The Morgan fingerprint density at radius 3 is 2.33 bits per heavy atom. The Labute approximate surface area is 171 Å². The lowest BCUT2D eigenvalue weighted by atomic mass is 10.1. The highest BCUT2D eigenvalue weighted by molar-refractivity contribution is 5.69. The molecule has 0 saturated carbocycles. The molecule has 0 atom stereocenters. The van der Waals surface area contributed by atoms with Crippen LogP contribution < -0.4 is 4.74 Å². The van der Waals surface area contributed by atoms with Gasteiger partial charge >= 0.3 is 12.1 Å².